The van der Waals surface area contributed by atoms with E-state index in [1.807, 2.05) is 0 Å². The minimum Gasteiger partial charge on any atom is -0.300 e. The van der Waals surface area contributed by atoms with E-state index in [1.54, 1.807) is 0 Å². The summed E-state index contributed by atoms with van der Waals surface area (Å²) < 4.78 is 0. The Morgan fingerprint density at radius 3 is 2.77 bits per heavy atom. The second kappa shape index (κ2) is 2.93. The van der Waals surface area contributed by atoms with Gasteiger partial charge in [0.1, 0.15) is 11.6 Å². The zero-order chi connectivity index (χ0) is 9.47. The van der Waals surface area contributed by atoms with E-state index < -0.39 is 0 Å². The van der Waals surface area contributed by atoms with Gasteiger partial charge in [0.2, 0.25) is 0 Å². The van der Waals surface area contributed by atoms with E-state index in [9.17, 15) is 9.59 Å². The molecule has 2 heteroatoms. The van der Waals surface area contributed by atoms with Gasteiger partial charge in [-0.3, -0.25) is 9.59 Å². The molecule has 0 N–H and O–H groups in total. The molecular weight excluding hydrogens is 164 g/mol. The van der Waals surface area contributed by atoms with Gasteiger partial charge in [0.25, 0.3) is 0 Å². The fourth-order valence-corrected chi connectivity index (χ4v) is 2.81. The van der Waals surface area contributed by atoms with Crippen molar-refractivity contribution >= 4 is 11.6 Å². The Kier molecular flexibility index (Phi) is 2.01. The second-order valence-electron chi connectivity index (χ2n) is 4.85. The number of carbonyl (C=O) groups excluding carboxylic acids is 2. The zero-order valence-electron chi connectivity index (χ0n) is 8.14. The minimum absolute atomic E-state index is 0.156. The van der Waals surface area contributed by atoms with E-state index in [0.717, 1.165) is 19.3 Å². The lowest BCUT2D eigenvalue weighted by atomic mass is 9.60. The summed E-state index contributed by atoms with van der Waals surface area (Å²) in [5.74, 6) is 1.29. The third-order valence-corrected chi connectivity index (χ3v) is 3.81. The van der Waals surface area contributed by atoms with Crippen molar-refractivity contribution in [1.82, 2.24) is 0 Å². The van der Waals surface area contributed by atoms with Crippen LogP contribution in [0.3, 0.4) is 0 Å². The lowest BCUT2D eigenvalue weighted by molar-refractivity contribution is -0.133. The molecule has 2 aliphatic carbocycles. The van der Waals surface area contributed by atoms with Gasteiger partial charge in [-0.15, -0.1) is 0 Å². The van der Waals surface area contributed by atoms with Gasteiger partial charge >= 0.3 is 0 Å². The van der Waals surface area contributed by atoms with Crippen LogP contribution in [0.5, 0.6) is 0 Å². The van der Waals surface area contributed by atoms with Gasteiger partial charge in [-0.25, -0.2) is 0 Å². The van der Waals surface area contributed by atoms with E-state index in [2.05, 4.69) is 6.92 Å². The van der Waals surface area contributed by atoms with Gasteiger partial charge in [-0.1, -0.05) is 6.92 Å². The van der Waals surface area contributed by atoms with Crippen LogP contribution in [0.4, 0.5) is 0 Å². The fraction of sp³-hybridized carbons (Fsp3) is 0.818. The largest absolute Gasteiger partial charge is 0.300 e. The SMILES string of the molecule is C[C@]12CCC(=O)C[C@H]1CCC(=O)C2. The zero-order valence-corrected chi connectivity index (χ0v) is 8.14. The summed E-state index contributed by atoms with van der Waals surface area (Å²) in [5, 5.41) is 0. The Morgan fingerprint density at radius 1 is 1.23 bits per heavy atom. The van der Waals surface area contributed by atoms with Crippen LogP contribution in [0.1, 0.15) is 45.4 Å². The number of ketones is 2. The van der Waals surface area contributed by atoms with Crippen LogP contribution in [0.25, 0.3) is 0 Å². The van der Waals surface area contributed by atoms with Crippen molar-refractivity contribution in [3.05, 3.63) is 0 Å². The molecule has 0 aromatic rings. The molecule has 2 nitrogen and oxygen atoms in total. The topological polar surface area (TPSA) is 34.1 Å². The van der Waals surface area contributed by atoms with Gasteiger partial charge < -0.3 is 0 Å². The van der Waals surface area contributed by atoms with Gasteiger partial charge in [0.15, 0.2) is 0 Å². The maximum Gasteiger partial charge on any atom is 0.133 e. The molecule has 0 bridgehead atoms. The van der Waals surface area contributed by atoms with Crippen LogP contribution in [0.15, 0.2) is 0 Å². The molecule has 0 aromatic heterocycles. The van der Waals surface area contributed by atoms with Gasteiger partial charge in [0, 0.05) is 25.7 Å². The van der Waals surface area contributed by atoms with E-state index in [-0.39, 0.29) is 5.41 Å². The first-order valence-corrected chi connectivity index (χ1v) is 5.13. The smallest absolute Gasteiger partial charge is 0.133 e. The summed E-state index contributed by atoms with van der Waals surface area (Å²) in [6, 6.07) is 0. The van der Waals surface area contributed by atoms with E-state index in [4.69, 9.17) is 0 Å². The summed E-state index contributed by atoms with van der Waals surface area (Å²) in [7, 11) is 0. The number of fused-ring (bicyclic) bond motifs is 1. The molecule has 2 atom stereocenters. The molecule has 0 unspecified atom stereocenters. The number of hydrogen-bond acceptors (Lipinski definition) is 2. The minimum atomic E-state index is 0.156. The summed E-state index contributed by atoms with van der Waals surface area (Å²) in [6.07, 6.45) is 4.71. The molecule has 2 fully saturated rings. The molecule has 2 rings (SSSR count). The normalized spacial score (nSPS) is 40.2. The van der Waals surface area contributed by atoms with Crippen molar-refractivity contribution in [2.45, 2.75) is 45.4 Å². The third kappa shape index (κ3) is 1.54. The molecule has 0 heterocycles. The number of rotatable bonds is 0. The van der Waals surface area contributed by atoms with Crippen LogP contribution >= 0.6 is 0 Å². The quantitative estimate of drug-likeness (QED) is 0.572. The van der Waals surface area contributed by atoms with E-state index in [0.29, 0.717) is 36.7 Å². The highest BCUT2D eigenvalue weighted by Gasteiger charge is 2.43. The highest BCUT2D eigenvalue weighted by Crippen LogP contribution is 2.47. The summed E-state index contributed by atoms with van der Waals surface area (Å²) >= 11 is 0. The predicted octanol–water partition coefficient (Wildman–Crippen LogP) is 2.11. The summed E-state index contributed by atoms with van der Waals surface area (Å²) in [6.45, 7) is 2.18. The standard InChI is InChI=1S/C11H16O2/c1-11-5-4-9(12)6-8(11)2-3-10(13)7-11/h8H,2-7H2,1H3/t8-,11-/m1/s1. The summed E-state index contributed by atoms with van der Waals surface area (Å²) in [4.78, 5) is 22.6. The van der Waals surface area contributed by atoms with E-state index >= 15 is 0 Å². The van der Waals surface area contributed by atoms with Crippen LogP contribution < -0.4 is 0 Å². The first-order chi connectivity index (χ1) is 6.10. The van der Waals surface area contributed by atoms with Gasteiger partial charge in [-0.05, 0) is 24.2 Å². The third-order valence-electron chi connectivity index (χ3n) is 3.81. The van der Waals surface area contributed by atoms with Crippen LogP contribution in [0, 0.1) is 11.3 Å². The lowest BCUT2D eigenvalue weighted by Crippen LogP contribution is -2.39. The molecule has 0 radical (unpaired) electrons. The monoisotopic (exact) mass is 180 g/mol. The molecule has 0 aromatic carbocycles. The molecule has 0 saturated heterocycles. The Balaban J connectivity index is 2.15. The average molecular weight is 180 g/mol. The van der Waals surface area contributed by atoms with E-state index in [1.165, 1.54) is 0 Å². The van der Waals surface area contributed by atoms with Gasteiger partial charge in [-0.2, -0.15) is 0 Å². The van der Waals surface area contributed by atoms with Crippen LogP contribution in [-0.4, -0.2) is 11.6 Å². The first kappa shape index (κ1) is 8.92. The number of Topliss-reactive ketones (excluding diaryl/α,β-unsaturated/α-hetero) is 2. The predicted molar refractivity (Wildman–Crippen MR) is 49.3 cm³/mol. The van der Waals surface area contributed by atoms with Crippen molar-refractivity contribution in [1.29, 1.82) is 0 Å². The molecule has 0 spiro atoms. The first-order valence-electron chi connectivity index (χ1n) is 5.13. The molecule has 13 heavy (non-hydrogen) atoms. The molecular formula is C11H16O2. The fourth-order valence-electron chi connectivity index (χ4n) is 2.81. The maximum atomic E-state index is 11.3. The highest BCUT2D eigenvalue weighted by atomic mass is 16.1. The van der Waals surface area contributed by atoms with Crippen LogP contribution in [-0.2, 0) is 9.59 Å². The molecule has 2 aliphatic rings. The molecule has 2 saturated carbocycles. The lowest BCUT2D eigenvalue weighted by Gasteiger charge is -2.43. The molecule has 0 amide bonds. The van der Waals surface area contributed by atoms with Crippen LogP contribution in [0.2, 0.25) is 0 Å². The highest BCUT2D eigenvalue weighted by molar-refractivity contribution is 5.83. The van der Waals surface area contributed by atoms with Crippen molar-refractivity contribution in [2.24, 2.45) is 11.3 Å². The number of hydrogen-bond donors (Lipinski definition) is 0. The Bertz CT molecular complexity index is 257. The Hall–Kier alpha value is -0.660. The van der Waals surface area contributed by atoms with Gasteiger partial charge in [0.05, 0.1) is 0 Å². The Morgan fingerprint density at radius 2 is 2.00 bits per heavy atom. The second-order valence-corrected chi connectivity index (χ2v) is 4.85. The maximum absolute atomic E-state index is 11.3. The van der Waals surface area contributed by atoms with Crippen molar-refractivity contribution in [3.63, 3.8) is 0 Å². The summed E-state index contributed by atoms with van der Waals surface area (Å²) in [5.41, 5.74) is 0.156. The van der Waals surface area contributed by atoms with Crippen molar-refractivity contribution in [3.8, 4) is 0 Å². The van der Waals surface area contributed by atoms with Crippen molar-refractivity contribution in [2.75, 3.05) is 0 Å². The number of carbonyl (C=O) groups is 2. The molecule has 72 valence electrons. The van der Waals surface area contributed by atoms with Crippen molar-refractivity contribution < 1.29 is 9.59 Å². The Labute approximate surface area is 78.7 Å². The average Bonchev–Trinajstić information content (AvgIpc) is 2.06. The molecule has 0 aliphatic heterocycles.